The van der Waals surface area contributed by atoms with Gasteiger partial charge in [-0.25, -0.2) is 0 Å². The molecule has 0 aromatic heterocycles. The molecule has 0 saturated carbocycles. The van der Waals surface area contributed by atoms with Crippen LogP contribution in [0.15, 0.2) is 40.4 Å². The quantitative estimate of drug-likeness (QED) is 0.847. The van der Waals surface area contributed by atoms with Crippen molar-refractivity contribution in [2.45, 2.75) is 25.7 Å². The van der Waals surface area contributed by atoms with Crippen LogP contribution in [-0.2, 0) is 0 Å². The van der Waals surface area contributed by atoms with Gasteiger partial charge in [0.05, 0.1) is 5.56 Å². The Morgan fingerprint density at radius 3 is 2.82 bits per heavy atom. The van der Waals surface area contributed by atoms with Gasteiger partial charge in [0.1, 0.15) is 0 Å². The fourth-order valence-corrected chi connectivity index (χ4v) is 2.46. The number of amides is 1. The maximum Gasteiger partial charge on any atom is 0.252 e. The minimum atomic E-state index is -0.0102. The van der Waals surface area contributed by atoms with E-state index in [0.717, 1.165) is 17.3 Å². The van der Waals surface area contributed by atoms with Gasteiger partial charge >= 0.3 is 0 Å². The first-order valence-corrected chi connectivity index (χ1v) is 6.77. The number of hydrogen-bond acceptors (Lipinski definition) is 1. The van der Waals surface area contributed by atoms with Crippen LogP contribution in [-0.4, -0.2) is 12.5 Å². The van der Waals surface area contributed by atoms with Crippen LogP contribution in [0.5, 0.6) is 0 Å². The monoisotopic (exact) mass is 293 g/mol. The summed E-state index contributed by atoms with van der Waals surface area (Å²) in [5.74, 6) is -0.0102. The Labute approximate surface area is 110 Å². The molecule has 0 bridgehead atoms. The number of rotatable bonds is 3. The number of carbonyl (C=O) groups excluding carboxylic acids is 1. The van der Waals surface area contributed by atoms with Gasteiger partial charge in [0.15, 0.2) is 0 Å². The van der Waals surface area contributed by atoms with Crippen molar-refractivity contribution < 1.29 is 4.79 Å². The summed E-state index contributed by atoms with van der Waals surface area (Å²) in [6.45, 7) is 0.681. The molecule has 90 valence electrons. The molecule has 17 heavy (non-hydrogen) atoms. The Kier molecular flexibility index (Phi) is 4.37. The summed E-state index contributed by atoms with van der Waals surface area (Å²) in [7, 11) is 0. The predicted octanol–water partition coefficient (Wildman–Crippen LogP) is 3.68. The third-order valence-corrected chi connectivity index (χ3v) is 3.67. The second-order valence-corrected chi connectivity index (χ2v) is 5.13. The van der Waals surface area contributed by atoms with Gasteiger partial charge in [0.25, 0.3) is 5.91 Å². The van der Waals surface area contributed by atoms with E-state index in [1.807, 2.05) is 24.3 Å². The molecular formula is C14H16BrNO. The summed E-state index contributed by atoms with van der Waals surface area (Å²) in [5, 5.41) is 2.97. The van der Waals surface area contributed by atoms with E-state index in [0.29, 0.717) is 12.1 Å². The van der Waals surface area contributed by atoms with Crippen molar-refractivity contribution in [3.8, 4) is 0 Å². The van der Waals surface area contributed by atoms with Crippen molar-refractivity contribution in [3.05, 3.63) is 46.0 Å². The number of benzene rings is 1. The average Bonchev–Trinajstić information content (AvgIpc) is 2.38. The van der Waals surface area contributed by atoms with Gasteiger partial charge in [0, 0.05) is 11.0 Å². The van der Waals surface area contributed by atoms with Crippen LogP contribution in [0, 0.1) is 0 Å². The Bertz CT molecular complexity index is 440. The molecule has 2 rings (SSSR count). The Morgan fingerprint density at radius 2 is 2.12 bits per heavy atom. The lowest BCUT2D eigenvalue weighted by atomic mass is 9.99. The van der Waals surface area contributed by atoms with Crippen LogP contribution in [0.3, 0.4) is 0 Å². The highest BCUT2D eigenvalue weighted by molar-refractivity contribution is 9.10. The third-order valence-electron chi connectivity index (χ3n) is 2.98. The molecule has 0 aliphatic heterocycles. The molecule has 1 aromatic carbocycles. The molecule has 3 heteroatoms. The van der Waals surface area contributed by atoms with E-state index < -0.39 is 0 Å². The molecule has 0 spiro atoms. The zero-order valence-electron chi connectivity index (χ0n) is 9.71. The summed E-state index contributed by atoms with van der Waals surface area (Å²) in [6.07, 6.45) is 7.05. The molecular weight excluding hydrogens is 278 g/mol. The predicted molar refractivity (Wildman–Crippen MR) is 73.0 cm³/mol. The van der Waals surface area contributed by atoms with Gasteiger partial charge < -0.3 is 5.32 Å². The first-order chi connectivity index (χ1) is 8.27. The van der Waals surface area contributed by atoms with E-state index in [1.165, 1.54) is 18.4 Å². The molecule has 2 nitrogen and oxygen atoms in total. The summed E-state index contributed by atoms with van der Waals surface area (Å²) < 4.78 is 0.843. The van der Waals surface area contributed by atoms with Crippen molar-refractivity contribution in [1.29, 1.82) is 0 Å². The molecule has 0 atom stereocenters. The van der Waals surface area contributed by atoms with E-state index in [9.17, 15) is 4.79 Å². The largest absolute Gasteiger partial charge is 0.348 e. The average molecular weight is 294 g/mol. The number of allylic oxidation sites excluding steroid dienone is 1. The summed E-state index contributed by atoms with van der Waals surface area (Å²) >= 11 is 3.39. The molecule has 0 unspecified atom stereocenters. The van der Waals surface area contributed by atoms with Crippen molar-refractivity contribution in [3.63, 3.8) is 0 Å². The van der Waals surface area contributed by atoms with Gasteiger partial charge in [-0.2, -0.15) is 0 Å². The van der Waals surface area contributed by atoms with Gasteiger partial charge in [-0.1, -0.05) is 23.8 Å². The number of hydrogen-bond donors (Lipinski definition) is 1. The zero-order valence-corrected chi connectivity index (χ0v) is 11.3. The van der Waals surface area contributed by atoms with Crippen LogP contribution in [0.4, 0.5) is 0 Å². The molecule has 1 aromatic rings. The molecule has 1 amide bonds. The maximum absolute atomic E-state index is 11.9. The molecule has 1 aliphatic rings. The van der Waals surface area contributed by atoms with Crippen LogP contribution in [0.2, 0.25) is 0 Å². The lowest BCUT2D eigenvalue weighted by Crippen LogP contribution is -2.26. The smallest absolute Gasteiger partial charge is 0.252 e. The molecule has 1 N–H and O–H groups in total. The Morgan fingerprint density at radius 1 is 1.29 bits per heavy atom. The van der Waals surface area contributed by atoms with E-state index in [2.05, 4.69) is 27.3 Å². The van der Waals surface area contributed by atoms with Gasteiger partial charge in [-0.05, 0) is 53.7 Å². The van der Waals surface area contributed by atoms with Crippen molar-refractivity contribution in [1.82, 2.24) is 5.32 Å². The summed E-state index contributed by atoms with van der Waals surface area (Å²) in [4.78, 5) is 11.9. The second kappa shape index (κ2) is 6.01. The lowest BCUT2D eigenvalue weighted by molar-refractivity contribution is 0.0956. The van der Waals surface area contributed by atoms with Crippen LogP contribution in [0.1, 0.15) is 36.0 Å². The third kappa shape index (κ3) is 3.43. The van der Waals surface area contributed by atoms with Gasteiger partial charge in [-0.3, -0.25) is 4.79 Å². The van der Waals surface area contributed by atoms with Crippen LogP contribution >= 0.6 is 15.9 Å². The highest BCUT2D eigenvalue weighted by atomic mass is 79.9. The van der Waals surface area contributed by atoms with E-state index >= 15 is 0 Å². The topological polar surface area (TPSA) is 29.1 Å². The fourth-order valence-electron chi connectivity index (χ4n) is 2.00. The van der Waals surface area contributed by atoms with Crippen molar-refractivity contribution in [2.24, 2.45) is 0 Å². The maximum atomic E-state index is 11.9. The Balaban J connectivity index is 1.93. The van der Waals surface area contributed by atoms with E-state index in [4.69, 9.17) is 0 Å². The van der Waals surface area contributed by atoms with Gasteiger partial charge in [-0.15, -0.1) is 0 Å². The minimum absolute atomic E-state index is 0.0102. The SMILES string of the molecule is O=C(NCC1=CCCCC1)c1ccccc1Br. The fraction of sp³-hybridized carbons (Fsp3) is 0.357. The molecule has 0 saturated heterocycles. The van der Waals surface area contributed by atoms with Crippen molar-refractivity contribution >= 4 is 21.8 Å². The van der Waals surface area contributed by atoms with E-state index in [1.54, 1.807) is 0 Å². The molecule has 0 radical (unpaired) electrons. The molecule has 0 heterocycles. The number of carbonyl (C=O) groups is 1. The van der Waals surface area contributed by atoms with Gasteiger partial charge in [0.2, 0.25) is 0 Å². The highest BCUT2D eigenvalue weighted by Gasteiger charge is 2.10. The summed E-state index contributed by atoms with van der Waals surface area (Å²) in [5.41, 5.74) is 2.06. The molecule has 0 fully saturated rings. The standard InChI is InChI=1S/C14H16BrNO/c15-13-9-5-4-8-12(13)14(17)16-10-11-6-2-1-3-7-11/h4-6,8-9H,1-3,7,10H2,(H,16,17). The number of halogens is 1. The van der Waals surface area contributed by atoms with Crippen molar-refractivity contribution in [2.75, 3.05) is 6.54 Å². The zero-order chi connectivity index (χ0) is 12.1. The number of nitrogens with one attached hydrogen (secondary N) is 1. The first-order valence-electron chi connectivity index (χ1n) is 5.98. The summed E-state index contributed by atoms with van der Waals surface area (Å²) in [6, 6.07) is 7.49. The van der Waals surface area contributed by atoms with Crippen LogP contribution in [0.25, 0.3) is 0 Å². The molecule has 1 aliphatic carbocycles. The second-order valence-electron chi connectivity index (χ2n) is 4.27. The minimum Gasteiger partial charge on any atom is -0.348 e. The van der Waals surface area contributed by atoms with Crippen LogP contribution < -0.4 is 5.32 Å². The first kappa shape index (κ1) is 12.4. The van der Waals surface area contributed by atoms with E-state index in [-0.39, 0.29) is 5.91 Å². The Hall–Kier alpha value is -1.09. The highest BCUT2D eigenvalue weighted by Crippen LogP contribution is 2.18. The lowest BCUT2D eigenvalue weighted by Gasteiger charge is -2.13. The normalized spacial score (nSPS) is 15.2.